The summed E-state index contributed by atoms with van der Waals surface area (Å²) >= 11 is 1.14. The predicted molar refractivity (Wildman–Crippen MR) is 60.7 cm³/mol. The van der Waals surface area contributed by atoms with E-state index >= 15 is 0 Å². The Morgan fingerprint density at radius 2 is 2.19 bits per heavy atom. The fourth-order valence-corrected chi connectivity index (χ4v) is 2.01. The molecule has 1 rings (SSSR count). The van der Waals surface area contributed by atoms with Crippen LogP contribution in [0.15, 0.2) is 0 Å². The minimum absolute atomic E-state index is 0.0756. The molecule has 0 fully saturated rings. The smallest absolute Gasteiger partial charge is 0.358 e. The maximum absolute atomic E-state index is 11.5. The van der Waals surface area contributed by atoms with E-state index in [1.807, 2.05) is 0 Å². The van der Waals surface area contributed by atoms with Crippen LogP contribution in [0.5, 0.6) is 0 Å². The molecule has 0 radical (unpaired) electrons. The minimum atomic E-state index is -0.573. The van der Waals surface area contributed by atoms with Crippen molar-refractivity contribution in [1.29, 1.82) is 0 Å². The van der Waals surface area contributed by atoms with E-state index in [-0.39, 0.29) is 24.1 Å². The van der Waals surface area contributed by atoms with Crippen molar-refractivity contribution < 1.29 is 14.3 Å². The van der Waals surface area contributed by atoms with Gasteiger partial charge in [-0.25, -0.2) is 9.78 Å². The summed E-state index contributed by atoms with van der Waals surface area (Å²) in [6, 6.07) is -0.300. The van der Waals surface area contributed by atoms with Gasteiger partial charge >= 0.3 is 5.97 Å². The molecule has 0 amide bonds. The van der Waals surface area contributed by atoms with Crippen LogP contribution in [0.1, 0.15) is 52.0 Å². The van der Waals surface area contributed by atoms with Crippen molar-refractivity contribution in [3.8, 4) is 0 Å². The Morgan fingerprint density at radius 3 is 2.62 bits per heavy atom. The van der Waals surface area contributed by atoms with Crippen LogP contribution in [0.2, 0.25) is 0 Å². The van der Waals surface area contributed by atoms with Gasteiger partial charge in [-0.2, -0.15) is 0 Å². The number of ether oxygens (including phenoxy) is 1. The molecule has 5 nitrogen and oxygen atoms in total. The van der Waals surface area contributed by atoms with Crippen molar-refractivity contribution in [2.45, 2.75) is 26.8 Å². The molecule has 2 N–H and O–H groups in total. The molecular formula is C10H14N2O3S. The second-order valence-electron chi connectivity index (χ2n) is 3.30. The van der Waals surface area contributed by atoms with Gasteiger partial charge in [0.15, 0.2) is 11.5 Å². The second kappa shape index (κ2) is 5.18. The lowest BCUT2D eigenvalue weighted by atomic mass is 10.3. The van der Waals surface area contributed by atoms with Crippen LogP contribution >= 0.6 is 11.3 Å². The quantitative estimate of drug-likeness (QED) is 0.639. The fourth-order valence-electron chi connectivity index (χ4n) is 1.11. The molecule has 1 aromatic heterocycles. The third-order valence-electron chi connectivity index (χ3n) is 1.82. The average Bonchev–Trinajstić information content (AvgIpc) is 2.62. The summed E-state index contributed by atoms with van der Waals surface area (Å²) in [5, 5.41) is 0.563. The van der Waals surface area contributed by atoms with Crippen LogP contribution in [0, 0.1) is 0 Å². The SMILES string of the molecule is CCOC(=O)c1nc(C(C)N)sc1C(C)=O. The van der Waals surface area contributed by atoms with Gasteiger partial charge in [-0.3, -0.25) is 4.79 Å². The van der Waals surface area contributed by atoms with Gasteiger partial charge < -0.3 is 10.5 Å². The van der Waals surface area contributed by atoms with Crippen molar-refractivity contribution in [1.82, 2.24) is 4.98 Å². The zero-order valence-corrected chi connectivity index (χ0v) is 10.3. The van der Waals surface area contributed by atoms with E-state index in [0.29, 0.717) is 9.88 Å². The summed E-state index contributed by atoms with van der Waals surface area (Å²) in [4.78, 5) is 27.2. The van der Waals surface area contributed by atoms with Crippen molar-refractivity contribution in [3.63, 3.8) is 0 Å². The fraction of sp³-hybridized carbons (Fsp3) is 0.500. The van der Waals surface area contributed by atoms with E-state index in [1.165, 1.54) is 6.92 Å². The third kappa shape index (κ3) is 2.65. The number of nitrogens with zero attached hydrogens (tertiary/aromatic N) is 1. The second-order valence-corrected chi connectivity index (χ2v) is 4.33. The molecule has 0 aliphatic heterocycles. The molecule has 0 aromatic carbocycles. The Morgan fingerprint density at radius 1 is 1.56 bits per heavy atom. The number of thiazole rings is 1. The molecule has 0 bridgehead atoms. The highest BCUT2D eigenvalue weighted by Crippen LogP contribution is 2.23. The van der Waals surface area contributed by atoms with E-state index in [0.717, 1.165) is 11.3 Å². The largest absolute Gasteiger partial charge is 0.461 e. The van der Waals surface area contributed by atoms with E-state index in [9.17, 15) is 9.59 Å². The van der Waals surface area contributed by atoms with Crippen LogP contribution in [0.25, 0.3) is 0 Å². The van der Waals surface area contributed by atoms with Crippen molar-refractivity contribution in [2.24, 2.45) is 5.73 Å². The number of ketones is 1. The summed E-state index contributed by atoms with van der Waals surface area (Å²) < 4.78 is 4.82. The van der Waals surface area contributed by atoms with Crippen LogP contribution < -0.4 is 5.73 Å². The van der Waals surface area contributed by atoms with E-state index in [4.69, 9.17) is 10.5 Å². The molecule has 0 spiro atoms. The molecule has 1 aromatic rings. The molecule has 0 aliphatic carbocycles. The summed E-state index contributed by atoms with van der Waals surface area (Å²) in [6.07, 6.45) is 0. The Hall–Kier alpha value is -1.27. The lowest BCUT2D eigenvalue weighted by Gasteiger charge is -1.99. The molecule has 0 saturated heterocycles. The number of carbonyl (C=O) groups excluding carboxylic acids is 2. The topological polar surface area (TPSA) is 82.3 Å². The number of nitrogens with two attached hydrogens (primary N) is 1. The van der Waals surface area contributed by atoms with E-state index in [2.05, 4.69) is 4.98 Å². The Kier molecular flexibility index (Phi) is 4.14. The van der Waals surface area contributed by atoms with Gasteiger partial charge in [0, 0.05) is 6.92 Å². The van der Waals surface area contributed by atoms with Crippen molar-refractivity contribution in [2.75, 3.05) is 6.61 Å². The predicted octanol–water partition coefficient (Wildman–Crippen LogP) is 1.54. The van der Waals surface area contributed by atoms with Gasteiger partial charge in [-0.15, -0.1) is 11.3 Å². The number of hydrogen-bond donors (Lipinski definition) is 1. The zero-order chi connectivity index (χ0) is 12.3. The molecule has 0 saturated carbocycles. The van der Waals surface area contributed by atoms with Crippen LogP contribution in [-0.2, 0) is 4.74 Å². The molecule has 1 atom stereocenters. The average molecular weight is 242 g/mol. The molecule has 1 unspecified atom stereocenters. The number of rotatable bonds is 4. The third-order valence-corrected chi connectivity index (χ3v) is 3.18. The summed E-state index contributed by atoms with van der Waals surface area (Å²) in [7, 11) is 0. The molecule has 16 heavy (non-hydrogen) atoms. The highest BCUT2D eigenvalue weighted by Gasteiger charge is 2.23. The summed E-state index contributed by atoms with van der Waals surface area (Å²) in [5.74, 6) is -0.775. The van der Waals surface area contributed by atoms with Gasteiger partial charge in [0.2, 0.25) is 0 Å². The Labute approximate surface area is 97.6 Å². The Balaban J connectivity index is 3.15. The van der Waals surface area contributed by atoms with Gasteiger partial charge in [0.05, 0.1) is 12.6 Å². The maximum Gasteiger partial charge on any atom is 0.358 e. The van der Waals surface area contributed by atoms with E-state index in [1.54, 1.807) is 13.8 Å². The highest BCUT2D eigenvalue weighted by molar-refractivity contribution is 7.14. The van der Waals surface area contributed by atoms with Crippen molar-refractivity contribution >= 4 is 23.1 Å². The molecular weight excluding hydrogens is 228 g/mol. The zero-order valence-electron chi connectivity index (χ0n) is 9.44. The van der Waals surface area contributed by atoms with Gasteiger partial charge in [-0.05, 0) is 13.8 Å². The van der Waals surface area contributed by atoms with Gasteiger partial charge in [0.25, 0.3) is 0 Å². The first-order chi connectivity index (χ1) is 7.47. The standard InChI is InChI=1S/C10H14N2O3S/c1-4-15-10(14)7-8(6(3)13)16-9(12-7)5(2)11/h5H,4,11H2,1-3H3. The minimum Gasteiger partial charge on any atom is -0.461 e. The number of esters is 1. The first kappa shape index (κ1) is 12.8. The van der Waals surface area contributed by atoms with E-state index < -0.39 is 5.97 Å². The number of Topliss-reactive ketones (excluding diaryl/α,β-unsaturated/α-hetero) is 1. The lowest BCUT2D eigenvalue weighted by Crippen LogP contribution is -2.10. The summed E-state index contributed by atoms with van der Waals surface area (Å²) in [6.45, 7) is 5.09. The normalized spacial score (nSPS) is 12.2. The summed E-state index contributed by atoms with van der Waals surface area (Å²) in [5.41, 5.74) is 5.73. The molecule has 6 heteroatoms. The van der Waals surface area contributed by atoms with Gasteiger partial charge in [-0.1, -0.05) is 0 Å². The monoisotopic (exact) mass is 242 g/mol. The Bertz CT molecular complexity index is 412. The number of aromatic nitrogens is 1. The number of carbonyl (C=O) groups is 2. The molecule has 0 aliphatic rings. The molecule has 88 valence electrons. The highest BCUT2D eigenvalue weighted by atomic mass is 32.1. The maximum atomic E-state index is 11.5. The first-order valence-electron chi connectivity index (χ1n) is 4.91. The van der Waals surface area contributed by atoms with Crippen molar-refractivity contribution in [3.05, 3.63) is 15.6 Å². The lowest BCUT2D eigenvalue weighted by molar-refractivity contribution is 0.0517. The van der Waals surface area contributed by atoms with Crippen LogP contribution in [0.3, 0.4) is 0 Å². The van der Waals surface area contributed by atoms with Crippen LogP contribution in [0.4, 0.5) is 0 Å². The van der Waals surface area contributed by atoms with Crippen LogP contribution in [-0.4, -0.2) is 23.3 Å². The first-order valence-corrected chi connectivity index (χ1v) is 5.73. The molecule has 1 heterocycles. The van der Waals surface area contributed by atoms with Gasteiger partial charge in [0.1, 0.15) is 9.88 Å². The number of hydrogen-bond acceptors (Lipinski definition) is 6.